The lowest BCUT2D eigenvalue weighted by molar-refractivity contribution is 0.281. The van der Waals surface area contributed by atoms with Crippen molar-refractivity contribution in [3.8, 4) is 0 Å². The Morgan fingerprint density at radius 2 is 2.10 bits per heavy atom. The molecule has 0 aliphatic rings. The van der Waals surface area contributed by atoms with Crippen LogP contribution in [0.15, 0.2) is 40.6 Å². The minimum absolute atomic E-state index is 0.0154. The van der Waals surface area contributed by atoms with Gasteiger partial charge in [-0.15, -0.1) is 11.3 Å². The number of halogens is 1. The van der Waals surface area contributed by atoms with Crippen LogP contribution in [0.3, 0.4) is 0 Å². The molecular formula is C14H16ClNO3S2. The highest BCUT2D eigenvalue weighted by Crippen LogP contribution is 2.31. The van der Waals surface area contributed by atoms with E-state index in [0.717, 1.165) is 4.88 Å². The lowest BCUT2D eigenvalue weighted by Gasteiger charge is -2.24. The molecule has 4 nitrogen and oxygen atoms in total. The number of aliphatic hydroxyl groups excluding tert-OH is 1. The maximum Gasteiger partial charge on any atom is 0.244 e. The zero-order valence-electron chi connectivity index (χ0n) is 11.7. The summed E-state index contributed by atoms with van der Waals surface area (Å²) in [5.74, 6) is 0. The highest BCUT2D eigenvalue weighted by Gasteiger charge is 2.28. The highest BCUT2D eigenvalue weighted by molar-refractivity contribution is 7.89. The van der Waals surface area contributed by atoms with Crippen molar-refractivity contribution in [3.63, 3.8) is 0 Å². The third kappa shape index (κ3) is 3.30. The molecule has 2 rings (SSSR count). The summed E-state index contributed by atoms with van der Waals surface area (Å²) in [5, 5.41) is 11.2. The summed E-state index contributed by atoms with van der Waals surface area (Å²) in [6, 6.07) is 8.00. The van der Waals surface area contributed by atoms with E-state index in [1.54, 1.807) is 6.07 Å². The van der Waals surface area contributed by atoms with E-state index in [0.29, 0.717) is 5.56 Å². The molecule has 1 aromatic carbocycles. The van der Waals surface area contributed by atoms with E-state index in [9.17, 15) is 8.42 Å². The first-order chi connectivity index (χ1) is 9.87. The fraction of sp³-hybridized carbons (Fsp3) is 0.286. The first kappa shape index (κ1) is 16.5. The van der Waals surface area contributed by atoms with Gasteiger partial charge in [-0.2, -0.15) is 4.31 Å². The lowest BCUT2D eigenvalue weighted by Crippen LogP contribution is -2.29. The van der Waals surface area contributed by atoms with E-state index in [2.05, 4.69) is 0 Å². The predicted molar refractivity (Wildman–Crippen MR) is 85.1 cm³/mol. The van der Waals surface area contributed by atoms with Gasteiger partial charge in [-0.3, -0.25) is 0 Å². The second-order valence-corrected chi connectivity index (χ2v) is 7.99. The second-order valence-electron chi connectivity index (χ2n) is 4.64. The van der Waals surface area contributed by atoms with Crippen LogP contribution >= 0.6 is 22.9 Å². The molecule has 1 heterocycles. The van der Waals surface area contributed by atoms with Gasteiger partial charge in [0.05, 0.1) is 17.7 Å². The minimum atomic E-state index is -3.73. The molecule has 0 amide bonds. The van der Waals surface area contributed by atoms with Crippen molar-refractivity contribution in [2.45, 2.75) is 24.5 Å². The van der Waals surface area contributed by atoms with E-state index < -0.39 is 10.0 Å². The SMILES string of the molecule is CC(c1cccs1)N(C)S(=O)(=O)c1cc(CO)ccc1Cl. The number of sulfonamides is 1. The topological polar surface area (TPSA) is 57.6 Å². The van der Waals surface area contributed by atoms with Gasteiger partial charge in [0.2, 0.25) is 10.0 Å². The standard InChI is InChI=1S/C14H16ClNO3S2/c1-10(13-4-3-7-20-13)16(2)21(18,19)14-8-11(9-17)5-6-12(14)15/h3-8,10,17H,9H2,1-2H3. The molecule has 21 heavy (non-hydrogen) atoms. The van der Waals surface area contributed by atoms with Crippen molar-refractivity contribution in [1.82, 2.24) is 4.31 Å². The van der Waals surface area contributed by atoms with Crippen molar-refractivity contribution < 1.29 is 13.5 Å². The van der Waals surface area contributed by atoms with Gasteiger partial charge in [-0.25, -0.2) is 8.42 Å². The normalized spacial score (nSPS) is 13.6. The molecule has 1 N–H and O–H groups in total. The van der Waals surface area contributed by atoms with Crippen LogP contribution in [0.2, 0.25) is 5.02 Å². The maximum absolute atomic E-state index is 12.7. The summed E-state index contributed by atoms with van der Waals surface area (Å²) in [6.45, 7) is 1.59. The van der Waals surface area contributed by atoms with Gasteiger partial charge in [0, 0.05) is 11.9 Å². The Bertz CT molecular complexity index is 714. The van der Waals surface area contributed by atoms with Gasteiger partial charge in [-0.05, 0) is 36.1 Å². The lowest BCUT2D eigenvalue weighted by atomic mass is 10.2. The molecular weight excluding hydrogens is 330 g/mol. The van der Waals surface area contributed by atoms with Crippen molar-refractivity contribution in [3.05, 3.63) is 51.2 Å². The summed E-state index contributed by atoms with van der Waals surface area (Å²) in [4.78, 5) is 0.970. The van der Waals surface area contributed by atoms with Gasteiger partial charge in [0.15, 0.2) is 0 Å². The molecule has 0 spiro atoms. The zero-order chi connectivity index (χ0) is 15.6. The summed E-state index contributed by atoms with van der Waals surface area (Å²) in [7, 11) is -2.20. The number of nitrogens with zero attached hydrogens (tertiary/aromatic N) is 1. The van der Waals surface area contributed by atoms with Gasteiger partial charge in [0.25, 0.3) is 0 Å². The van der Waals surface area contributed by atoms with E-state index in [1.165, 1.54) is 34.8 Å². The van der Waals surface area contributed by atoms with Crippen LogP contribution < -0.4 is 0 Å². The van der Waals surface area contributed by atoms with E-state index in [1.807, 2.05) is 24.4 Å². The van der Waals surface area contributed by atoms with E-state index in [4.69, 9.17) is 16.7 Å². The molecule has 0 aliphatic heterocycles. The molecule has 1 unspecified atom stereocenters. The Labute approximate surface area is 133 Å². The molecule has 2 aromatic rings. The van der Waals surface area contributed by atoms with Crippen LogP contribution in [0.1, 0.15) is 23.4 Å². The third-order valence-electron chi connectivity index (χ3n) is 3.34. The van der Waals surface area contributed by atoms with Crippen molar-refractivity contribution in [1.29, 1.82) is 0 Å². The molecule has 0 bridgehead atoms. The molecule has 0 fully saturated rings. The van der Waals surface area contributed by atoms with Crippen LogP contribution in [0.25, 0.3) is 0 Å². The number of hydrogen-bond donors (Lipinski definition) is 1. The smallest absolute Gasteiger partial charge is 0.244 e. The second kappa shape index (κ2) is 6.46. The zero-order valence-corrected chi connectivity index (χ0v) is 14.0. The average Bonchev–Trinajstić information content (AvgIpc) is 3.00. The molecule has 1 aromatic heterocycles. The van der Waals surface area contributed by atoms with E-state index in [-0.39, 0.29) is 22.6 Å². The first-order valence-electron chi connectivity index (χ1n) is 6.28. The number of rotatable bonds is 5. The summed E-state index contributed by atoms with van der Waals surface area (Å²) >= 11 is 7.53. The Hall–Kier alpha value is -0.920. The van der Waals surface area contributed by atoms with Crippen molar-refractivity contribution >= 4 is 33.0 Å². The molecule has 0 aliphatic carbocycles. The molecule has 114 valence electrons. The maximum atomic E-state index is 12.7. The van der Waals surface area contributed by atoms with Crippen LogP contribution in [-0.4, -0.2) is 24.9 Å². The summed E-state index contributed by atoms with van der Waals surface area (Å²) in [5.41, 5.74) is 0.509. The average molecular weight is 346 g/mol. The monoisotopic (exact) mass is 345 g/mol. The molecule has 0 saturated heterocycles. The molecule has 7 heteroatoms. The summed E-state index contributed by atoms with van der Waals surface area (Å²) < 4.78 is 26.7. The quantitative estimate of drug-likeness (QED) is 0.904. The van der Waals surface area contributed by atoms with Gasteiger partial charge >= 0.3 is 0 Å². The number of thiophene rings is 1. The number of hydrogen-bond acceptors (Lipinski definition) is 4. The first-order valence-corrected chi connectivity index (χ1v) is 8.98. The fourth-order valence-electron chi connectivity index (χ4n) is 1.92. The highest BCUT2D eigenvalue weighted by atomic mass is 35.5. The number of benzene rings is 1. The van der Waals surface area contributed by atoms with Crippen LogP contribution in [0, 0.1) is 0 Å². The molecule has 0 saturated carbocycles. The Morgan fingerprint density at radius 3 is 2.67 bits per heavy atom. The van der Waals surface area contributed by atoms with Crippen molar-refractivity contribution in [2.75, 3.05) is 7.05 Å². The minimum Gasteiger partial charge on any atom is -0.392 e. The van der Waals surface area contributed by atoms with E-state index >= 15 is 0 Å². The third-order valence-corrected chi connectivity index (χ3v) is 6.79. The Kier molecular flexibility index (Phi) is 5.06. The van der Waals surface area contributed by atoms with Crippen molar-refractivity contribution in [2.24, 2.45) is 0 Å². The number of aliphatic hydroxyl groups is 1. The summed E-state index contributed by atoms with van der Waals surface area (Å²) in [6.07, 6.45) is 0. The van der Waals surface area contributed by atoms with Crippen LogP contribution in [-0.2, 0) is 16.6 Å². The molecule has 0 radical (unpaired) electrons. The van der Waals surface area contributed by atoms with Crippen LogP contribution in [0.5, 0.6) is 0 Å². The molecule has 1 atom stereocenters. The van der Waals surface area contributed by atoms with Crippen LogP contribution in [0.4, 0.5) is 0 Å². The predicted octanol–water partition coefficient (Wildman–Crippen LogP) is 3.28. The fourth-order valence-corrected chi connectivity index (χ4v) is 4.67. The Morgan fingerprint density at radius 1 is 1.38 bits per heavy atom. The van der Waals surface area contributed by atoms with Gasteiger partial charge < -0.3 is 5.11 Å². The Balaban J connectivity index is 2.42. The van der Waals surface area contributed by atoms with Gasteiger partial charge in [0.1, 0.15) is 4.90 Å². The largest absolute Gasteiger partial charge is 0.392 e. The van der Waals surface area contributed by atoms with Gasteiger partial charge in [-0.1, -0.05) is 23.7 Å².